The van der Waals surface area contributed by atoms with Crippen molar-refractivity contribution in [3.63, 3.8) is 0 Å². The Labute approximate surface area is 101 Å². The number of nitrogens with zero attached hydrogens (tertiary/aromatic N) is 1. The molecule has 0 radical (unpaired) electrons. The van der Waals surface area contributed by atoms with Gasteiger partial charge in [0.1, 0.15) is 5.75 Å². The van der Waals surface area contributed by atoms with Crippen molar-refractivity contribution >= 4 is 5.91 Å². The van der Waals surface area contributed by atoms with Crippen molar-refractivity contribution < 1.29 is 9.90 Å². The van der Waals surface area contributed by atoms with Gasteiger partial charge < -0.3 is 10.8 Å². The molecule has 0 aromatic carbocycles. The number of nitrogens with two attached hydrogens (primary N) is 1. The molecular weight excluding hydrogens is 216 g/mol. The summed E-state index contributed by atoms with van der Waals surface area (Å²) in [7, 11) is 0. The van der Waals surface area contributed by atoms with Crippen LogP contribution >= 0.6 is 0 Å². The average molecular weight is 234 g/mol. The summed E-state index contributed by atoms with van der Waals surface area (Å²) in [4.78, 5) is 15.4. The van der Waals surface area contributed by atoms with Crippen LogP contribution < -0.4 is 5.73 Å². The van der Waals surface area contributed by atoms with Crippen LogP contribution in [0.1, 0.15) is 43.7 Å². The summed E-state index contributed by atoms with van der Waals surface area (Å²) in [5.41, 5.74) is 6.18. The maximum Gasteiger partial charge on any atom is 0.218 e. The Morgan fingerprint density at radius 2 is 2.18 bits per heavy atom. The number of aromatic hydroxyl groups is 1. The molecule has 1 aliphatic rings. The molecule has 4 heteroatoms. The van der Waals surface area contributed by atoms with Crippen LogP contribution in [0.25, 0.3) is 0 Å². The minimum atomic E-state index is -0.281. The molecule has 1 amide bonds. The van der Waals surface area contributed by atoms with Crippen molar-refractivity contribution in [3.8, 4) is 5.75 Å². The van der Waals surface area contributed by atoms with E-state index in [0.717, 1.165) is 18.5 Å². The molecule has 1 aromatic rings. The van der Waals surface area contributed by atoms with Gasteiger partial charge in [-0.05, 0) is 30.9 Å². The summed E-state index contributed by atoms with van der Waals surface area (Å²) in [6.45, 7) is 0. The first-order valence-electron chi connectivity index (χ1n) is 6.10. The number of amides is 1. The van der Waals surface area contributed by atoms with Gasteiger partial charge in [0.2, 0.25) is 5.91 Å². The normalized spacial score (nSPS) is 18.1. The highest BCUT2D eigenvalue weighted by molar-refractivity contribution is 5.74. The molecule has 0 saturated heterocycles. The SMILES string of the molecule is NC(=O)CC(c1ccc(O)cn1)C1CCCC1. The van der Waals surface area contributed by atoms with Crippen molar-refractivity contribution in [2.75, 3.05) is 0 Å². The van der Waals surface area contributed by atoms with Crippen molar-refractivity contribution in [3.05, 3.63) is 24.0 Å². The van der Waals surface area contributed by atoms with E-state index in [0.29, 0.717) is 12.3 Å². The number of hydrogen-bond donors (Lipinski definition) is 2. The number of rotatable bonds is 4. The van der Waals surface area contributed by atoms with E-state index in [9.17, 15) is 9.90 Å². The zero-order valence-electron chi connectivity index (χ0n) is 9.80. The Bertz CT molecular complexity index is 383. The number of aromatic nitrogens is 1. The molecule has 1 heterocycles. The fourth-order valence-corrected chi connectivity index (χ4v) is 2.71. The third-order valence-corrected chi connectivity index (χ3v) is 3.54. The zero-order valence-corrected chi connectivity index (χ0v) is 9.80. The van der Waals surface area contributed by atoms with Crippen LogP contribution in [0.2, 0.25) is 0 Å². The van der Waals surface area contributed by atoms with E-state index in [4.69, 9.17) is 5.73 Å². The second-order valence-electron chi connectivity index (χ2n) is 4.76. The van der Waals surface area contributed by atoms with Crippen molar-refractivity contribution in [1.82, 2.24) is 4.98 Å². The number of hydrogen-bond acceptors (Lipinski definition) is 3. The van der Waals surface area contributed by atoms with E-state index in [1.165, 1.54) is 19.0 Å². The molecule has 0 spiro atoms. The predicted octanol–water partition coefficient (Wildman–Crippen LogP) is 1.94. The molecule has 1 unspecified atom stereocenters. The van der Waals surface area contributed by atoms with Crippen LogP contribution in [-0.2, 0) is 4.79 Å². The van der Waals surface area contributed by atoms with Crippen LogP contribution in [-0.4, -0.2) is 16.0 Å². The number of carbonyl (C=O) groups is 1. The van der Waals surface area contributed by atoms with E-state index in [1.807, 2.05) is 0 Å². The Morgan fingerprint density at radius 1 is 1.47 bits per heavy atom. The summed E-state index contributed by atoms with van der Waals surface area (Å²) < 4.78 is 0. The lowest BCUT2D eigenvalue weighted by Crippen LogP contribution is -2.20. The standard InChI is InChI=1S/C13H18N2O2/c14-13(17)7-11(9-3-1-2-4-9)12-6-5-10(16)8-15-12/h5-6,8-9,11,16H,1-4,7H2,(H2,14,17). The number of primary amides is 1. The summed E-state index contributed by atoms with van der Waals surface area (Å²) in [6.07, 6.45) is 6.50. The van der Waals surface area contributed by atoms with E-state index in [2.05, 4.69) is 4.98 Å². The van der Waals surface area contributed by atoms with E-state index in [1.54, 1.807) is 12.1 Å². The van der Waals surface area contributed by atoms with Gasteiger partial charge >= 0.3 is 0 Å². The largest absolute Gasteiger partial charge is 0.506 e. The summed E-state index contributed by atoms with van der Waals surface area (Å²) in [5, 5.41) is 9.23. The quantitative estimate of drug-likeness (QED) is 0.835. The fraction of sp³-hybridized carbons (Fsp3) is 0.538. The molecule has 1 aromatic heterocycles. The Balaban J connectivity index is 2.19. The van der Waals surface area contributed by atoms with E-state index in [-0.39, 0.29) is 17.6 Å². The molecule has 0 aliphatic heterocycles. The van der Waals surface area contributed by atoms with Gasteiger partial charge in [0.05, 0.1) is 6.20 Å². The second-order valence-corrected chi connectivity index (χ2v) is 4.76. The Kier molecular flexibility index (Phi) is 3.61. The minimum Gasteiger partial charge on any atom is -0.506 e. The molecule has 2 rings (SSSR count). The lowest BCUT2D eigenvalue weighted by atomic mass is 9.85. The first kappa shape index (κ1) is 11.9. The van der Waals surface area contributed by atoms with Gasteiger partial charge in [-0.25, -0.2) is 0 Å². The van der Waals surface area contributed by atoms with Gasteiger partial charge in [0.25, 0.3) is 0 Å². The van der Waals surface area contributed by atoms with Crippen molar-refractivity contribution in [2.45, 2.75) is 38.0 Å². The summed E-state index contributed by atoms with van der Waals surface area (Å²) in [6, 6.07) is 3.41. The van der Waals surface area contributed by atoms with Crippen molar-refractivity contribution in [1.29, 1.82) is 0 Å². The molecular formula is C13H18N2O2. The Morgan fingerprint density at radius 3 is 2.71 bits per heavy atom. The first-order valence-corrected chi connectivity index (χ1v) is 6.10. The third-order valence-electron chi connectivity index (χ3n) is 3.54. The van der Waals surface area contributed by atoms with Gasteiger partial charge in [-0.3, -0.25) is 9.78 Å². The van der Waals surface area contributed by atoms with Crippen LogP contribution in [0.4, 0.5) is 0 Å². The van der Waals surface area contributed by atoms with Crippen molar-refractivity contribution in [2.24, 2.45) is 11.7 Å². The maximum absolute atomic E-state index is 11.2. The summed E-state index contributed by atoms with van der Waals surface area (Å²) in [5.74, 6) is 0.477. The number of carbonyl (C=O) groups excluding carboxylic acids is 1. The monoisotopic (exact) mass is 234 g/mol. The van der Waals surface area contributed by atoms with E-state index < -0.39 is 0 Å². The van der Waals surface area contributed by atoms with Crippen LogP contribution in [0.15, 0.2) is 18.3 Å². The number of pyridine rings is 1. The lowest BCUT2D eigenvalue weighted by Gasteiger charge is -2.21. The van der Waals surface area contributed by atoms with Crippen LogP contribution in [0, 0.1) is 5.92 Å². The lowest BCUT2D eigenvalue weighted by molar-refractivity contribution is -0.118. The summed E-state index contributed by atoms with van der Waals surface area (Å²) >= 11 is 0. The molecule has 4 nitrogen and oxygen atoms in total. The highest BCUT2D eigenvalue weighted by Crippen LogP contribution is 2.38. The molecule has 92 valence electrons. The average Bonchev–Trinajstić information content (AvgIpc) is 2.80. The van der Waals surface area contributed by atoms with E-state index >= 15 is 0 Å². The van der Waals surface area contributed by atoms with Gasteiger partial charge in [0.15, 0.2) is 0 Å². The smallest absolute Gasteiger partial charge is 0.218 e. The topological polar surface area (TPSA) is 76.2 Å². The van der Waals surface area contributed by atoms with Crippen LogP contribution in [0.3, 0.4) is 0 Å². The fourth-order valence-electron chi connectivity index (χ4n) is 2.71. The second kappa shape index (κ2) is 5.17. The molecule has 1 fully saturated rings. The van der Waals surface area contributed by atoms with Gasteiger partial charge in [0, 0.05) is 18.0 Å². The van der Waals surface area contributed by atoms with Crippen LogP contribution in [0.5, 0.6) is 5.75 Å². The highest BCUT2D eigenvalue weighted by Gasteiger charge is 2.28. The third kappa shape index (κ3) is 2.96. The molecule has 1 saturated carbocycles. The molecule has 0 bridgehead atoms. The molecule has 17 heavy (non-hydrogen) atoms. The van der Waals surface area contributed by atoms with Gasteiger partial charge in [-0.2, -0.15) is 0 Å². The highest BCUT2D eigenvalue weighted by atomic mass is 16.3. The maximum atomic E-state index is 11.2. The molecule has 1 aliphatic carbocycles. The minimum absolute atomic E-state index is 0.107. The first-order chi connectivity index (χ1) is 8.16. The molecule has 3 N–H and O–H groups in total. The Hall–Kier alpha value is -1.58. The zero-order chi connectivity index (χ0) is 12.3. The molecule has 1 atom stereocenters. The van der Waals surface area contributed by atoms with Gasteiger partial charge in [-0.1, -0.05) is 12.8 Å². The van der Waals surface area contributed by atoms with Gasteiger partial charge in [-0.15, -0.1) is 0 Å². The predicted molar refractivity (Wildman–Crippen MR) is 64.4 cm³/mol.